The molecule has 0 radical (unpaired) electrons. The van der Waals surface area contributed by atoms with Crippen LogP contribution in [0.25, 0.3) is 0 Å². The zero-order valence-electron chi connectivity index (χ0n) is 11.5. The van der Waals surface area contributed by atoms with E-state index in [2.05, 4.69) is 41.2 Å². The molecule has 0 aliphatic heterocycles. The third kappa shape index (κ3) is 6.56. The predicted molar refractivity (Wildman–Crippen MR) is 72.0 cm³/mol. The second-order valence-electron chi connectivity index (χ2n) is 3.60. The van der Waals surface area contributed by atoms with Crippen LogP contribution >= 0.6 is 0 Å². The molecule has 0 saturated heterocycles. The first-order valence-corrected chi connectivity index (χ1v) is 6.21. The van der Waals surface area contributed by atoms with Gasteiger partial charge in [0.1, 0.15) is 0 Å². The van der Waals surface area contributed by atoms with Crippen LogP contribution in [0.15, 0.2) is 24.5 Å². The van der Waals surface area contributed by atoms with Crippen molar-refractivity contribution >= 4 is 0 Å². The Morgan fingerprint density at radius 1 is 1.06 bits per heavy atom. The summed E-state index contributed by atoms with van der Waals surface area (Å²) in [7, 11) is 0. The van der Waals surface area contributed by atoms with Gasteiger partial charge in [-0.15, -0.1) is 0 Å². The van der Waals surface area contributed by atoms with Crippen molar-refractivity contribution in [2.75, 3.05) is 0 Å². The number of nitrogens with one attached hydrogen (secondary N) is 2. The van der Waals surface area contributed by atoms with Gasteiger partial charge in [-0.25, -0.2) is 0 Å². The van der Waals surface area contributed by atoms with E-state index in [1.54, 1.807) is 12.4 Å². The highest BCUT2D eigenvalue weighted by molar-refractivity contribution is 5.01. The van der Waals surface area contributed by atoms with Gasteiger partial charge < -0.3 is 0 Å². The van der Waals surface area contributed by atoms with Crippen molar-refractivity contribution in [1.82, 2.24) is 20.4 Å². The summed E-state index contributed by atoms with van der Waals surface area (Å²) in [5.74, 6) is 0.567. The summed E-state index contributed by atoms with van der Waals surface area (Å²) in [6.07, 6.45) is 4.58. The highest BCUT2D eigenvalue weighted by Gasteiger charge is 1.95. The van der Waals surface area contributed by atoms with Crippen LogP contribution in [0, 0.1) is 0 Å². The Morgan fingerprint density at radius 3 is 1.88 bits per heavy atom. The summed E-state index contributed by atoms with van der Waals surface area (Å²) in [5, 5.41) is 13.3. The number of nitrogens with zero attached hydrogens (tertiary/aromatic N) is 2. The third-order valence-corrected chi connectivity index (χ3v) is 2.08. The third-order valence-electron chi connectivity index (χ3n) is 2.08. The highest BCUT2D eigenvalue weighted by Crippen LogP contribution is 2.07. The molecule has 4 heteroatoms. The molecule has 17 heavy (non-hydrogen) atoms. The van der Waals surface area contributed by atoms with Gasteiger partial charge in [-0.1, -0.05) is 34.6 Å². The average molecular weight is 236 g/mol. The molecule has 2 aromatic heterocycles. The van der Waals surface area contributed by atoms with E-state index in [-0.39, 0.29) is 0 Å². The lowest BCUT2D eigenvalue weighted by Crippen LogP contribution is -1.85. The molecule has 0 saturated carbocycles. The van der Waals surface area contributed by atoms with Crippen LogP contribution in [0.5, 0.6) is 0 Å². The zero-order chi connectivity index (χ0) is 13.1. The molecular weight excluding hydrogens is 212 g/mol. The second-order valence-corrected chi connectivity index (χ2v) is 3.60. The van der Waals surface area contributed by atoms with Gasteiger partial charge in [0.2, 0.25) is 0 Å². The lowest BCUT2D eigenvalue weighted by Gasteiger charge is -1.95. The van der Waals surface area contributed by atoms with Gasteiger partial charge in [0.05, 0.1) is 0 Å². The van der Waals surface area contributed by atoms with Crippen molar-refractivity contribution in [1.29, 1.82) is 0 Å². The molecule has 2 heterocycles. The predicted octanol–water partition coefficient (Wildman–Crippen LogP) is 3.53. The van der Waals surface area contributed by atoms with Gasteiger partial charge in [0.15, 0.2) is 0 Å². The number of rotatable bonds is 2. The van der Waals surface area contributed by atoms with Gasteiger partial charge in [0, 0.05) is 23.8 Å². The summed E-state index contributed by atoms with van der Waals surface area (Å²) < 4.78 is 0. The fourth-order valence-corrected chi connectivity index (χ4v) is 1.07. The molecule has 0 aliphatic rings. The smallest absolute Gasteiger partial charge is 0.0490 e. The Hall–Kier alpha value is -1.58. The lowest BCUT2D eigenvalue weighted by atomic mass is 10.1. The Balaban J connectivity index is 0.000000265. The number of aromatic amines is 2. The molecular formula is C13H24N4. The molecule has 2 N–H and O–H groups in total. The van der Waals surface area contributed by atoms with E-state index in [9.17, 15) is 0 Å². The fourth-order valence-electron chi connectivity index (χ4n) is 1.07. The normalized spacial score (nSPS) is 9.06. The van der Waals surface area contributed by atoms with Crippen LogP contribution in [0.1, 0.15) is 51.9 Å². The van der Waals surface area contributed by atoms with Crippen molar-refractivity contribution < 1.29 is 0 Å². The average Bonchev–Trinajstić information content (AvgIpc) is 3.05. The van der Waals surface area contributed by atoms with E-state index >= 15 is 0 Å². The summed E-state index contributed by atoms with van der Waals surface area (Å²) in [6, 6.07) is 3.96. The standard InChI is InChI=1S/C6H10N2.C5H8N2.C2H6/c1-5(2)6-3-4-7-8-6;1-2-5-3-4-6-7-5;1-2/h3-5H,1-2H3,(H,7,8);3-4H,2H2,1H3,(H,6,7);1-2H3. The van der Waals surface area contributed by atoms with Crippen LogP contribution in [-0.2, 0) is 6.42 Å². The van der Waals surface area contributed by atoms with Crippen molar-refractivity contribution in [3.8, 4) is 0 Å². The molecule has 96 valence electrons. The number of hydrogen-bond donors (Lipinski definition) is 2. The maximum absolute atomic E-state index is 3.82. The number of aryl methyl sites for hydroxylation is 1. The minimum Gasteiger partial charge on any atom is -0.283 e. The molecule has 0 fully saturated rings. The molecule has 0 amide bonds. The van der Waals surface area contributed by atoms with E-state index in [0.29, 0.717) is 5.92 Å². The maximum atomic E-state index is 3.82. The SMILES string of the molecule is CC.CC(C)c1ccn[nH]1.CCc1ccn[nH]1. The summed E-state index contributed by atoms with van der Waals surface area (Å²) in [6.45, 7) is 10.4. The minimum absolute atomic E-state index is 0.567. The number of aromatic nitrogens is 4. The molecule has 4 nitrogen and oxygen atoms in total. The first-order valence-electron chi connectivity index (χ1n) is 6.21. The zero-order valence-corrected chi connectivity index (χ0v) is 11.5. The first-order chi connectivity index (χ1) is 8.24. The van der Waals surface area contributed by atoms with Crippen LogP contribution in [0.2, 0.25) is 0 Å². The molecule has 2 aromatic rings. The Morgan fingerprint density at radius 2 is 1.65 bits per heavy atom. The largest absolute Gasteiger partial charge is 0.283 e. The summed E-state index contributed by atoms with van der Waals surface area (Å²) in [4.78, 5) is 0. The summed E-state index contributed by atoms with van der Waals surface area (Å²) in [5.41, 5.74) is 2.39. The second kappa shape index (κ2) is 9.63. The quantitative estimate of drug-likeness (QED) is 0.838. The molecule has 0 spiro atoms. The summed E-state index contributed by atoms with van der Waals surface area (Å²) >= 11 is 0. The lowest BCUT2D eigenvalue weighted by molar-refractivity contribution is 0.810. The van der Waals surface area contributed by atoms with Crippen molar-refractivity contribution in [3.05, 3.63) is 35.9 Å². The number of hydrogen-bond acceptors (Lipinski definition) is 2. The Bertz CT molecular complexity index is 335. The van der Waals surface area contributed by atoms with E-state index in [4.69, 9.17) is 0 Å². The molecule has 2 rings (SSSR count). The van der Waals surface area contributed by atoms with Crippen molar-refractivity contribution in [2.24, 2.45) is 0 Å². The molecule has 0 aliphatic carbocycles. The fraction of sp³-hybridized carbons (Fsp3) is 0.538. The molecule has 0 unspecified atom stereocenters. The highest BCUT2D eigenvalue weighted by atomic mass is 15.1. The monoisotopic (exact) mass is 236 g/mol. The van der Waals surface area contributed by atoms with E-state index < -0.39 is 0 Å². The number of H-pyrrole nitrogens is 2. The molecule has 0 aromatic carbocycles. The van der Waals surface area contributed by atoms with E-state index in [1.807, 2.05) is 26.0 Å². The van der Waals surface area contributed by atoms with E-state index in [0.717, 1.165) is 6.42 Å². The van der Waals surface area contributed by atoms with Gasteiger partial charge in [0.25, 0.3) is 0 Å². The Labute approximate surface area is 104 Å². The van der Waals surface area contributed by atoms with Crippen LogP contribution in [0.3, 0.4) is 0 Å². The van der Waals surface area contributed by atoms with Crippen LogP contribution in [-0.4, -0.2) is 20.4 Å². The van der Waals surface area contributed by atoms with Crippen molar-refractivity contribution in [3.63, 3.8) is 0 Å². The topological polar surface area (TPSA) is 57.4 Å². The van der Waals surface area contributed by atoms with Crippen molar-refractivity contribution in [2.45, 2.75) is 47.0 Å². The van der Waals surface area contributed by atoms with Gasteiger partial charge >= 0.3 is 0 Å². The van der Waals surface area contributed by atoms with Gasteiger partial charge in [-0.05, 0) is 24.5 Å². The van der Waals surface area contributed by atoms with Gasteiger partial charge in [-0.3, -0.25) is 10.2 Å². The molecule has 0 bridgehead atoms. The Kier molecular flexibility index (Phi) is 8.74. The molecule has 0 atom stereocenters. The van der Waals surface area contributed by atoms with Crippen LogP contribution in [0.4, 0.5) is 0 Å². The van der Waals surface area contributed by atoms with Gasteiger partial charge in [-0.2, -0.15) is 10.2 Å². The van der Waals surface area contributed by atoms with Crippen LogP contribution < -0.4 is 0 Å². The minimum atomic E-state index is 0.567. The van der Waals surface area contributed by atoms with E-state index in [1.165, 1.54) is 11.4 Å². The first kappa shape index (κ1) is 15.4. The maximum Gasteiger partial charge on any atom is 0.0490 e.